The van der Waals surface area contributed by atoms with Crippen LogP contribution in [0.25, 0.3) is 0 Å². The monoisotopic (exact) mass is 703 g/mol. The van der Waals surface area contributed by atoms with Gasteiger partial charge in [-0.15, -0.1) is 0 Å². The van der Waals surface area contributed by atoms with Gasteiger partial charge in [-0.05, 0) is 75.2 Å². The van der Waals surface area contributed by atoms with E-state index in [4.69, 9.17) is 0 Å². The molecule has 6 rings (SSSR count). The normalized spacial score (nSPS) is 30.9. The highest BCUT2D eigenvalue weighted by molar-refractivity contribution is 5.61. The first-order chi connectivity index (χ1) is 25.3. The molecular weight excluding hydrogens is 637 g/mol. The summed E-state index contributed by atoms with van der Waals surface area (Å²) in [6.45, 7) is 28.7. The first kappa shape index (κ1) is 38.8. The molecule has 278 valence electrons. The van der Waals surface area contributed by atoms with Crippen LogP contribution >= 0.6 is 0 Å². The van der Waals surface area contributed by atoms with Crippen LogP contribution in [0.1, 0.15) is 129 Å². The molecule has 1 saturated carbocycles. The molecule has 5 aromatic rings. The van der Waals surface area contributed by atoms with Crippen molar-refractivity contribution in [2.75, 3.05) is 0 Å². The minimum atomic E-state index is -0.408. The van der Waals surface area contributed by atoms with Gasteiger partial charge in [0.2, 0.25) is 0 Å². The lowest BCUT2D eigenvalue weighted by molar-refractivity contribution is -0.260. The van der Waals surface area contributed by atoms with Crippen LogP contribution in [0.5, 0.6) is 0 Å². The molecule has 0 heterocycles. The molecule has 0 N–H and O–H groups in total. The van der Waals surface area contributed by atoms with Gasteiger partial charge in [0.25, 0.3) is 0 Å². The Kier molecular flexibility index (Phi) is 10.3. The van der Waals surface area contributed by atoms with E-state index in [1.54, 1.807) is 0 Å². The zero-order valence-corrected chi connectivity index (χ0v) is 34.7. The average Bonchev–Trinajstić information content (AvgIpc) is 3.20. The molecule has 7 atom stereocenters. The molecule has 1 aliphatic rings. The zero-order valence-electron chi connectivity index (χ0n) is 34.7. The third-order valence-corrected chi connectivity index (χ3v) is 16.5. The van der Waals surface area contributed by atoms with E-state index < -0.39 is 10.8 Å². The van der Waals surface area contributed by atoms with Crippen LogP contribution in [-0.2, 0) is 21.7 Å². The maximum Gasteiger partial charge on any atom is 0.0181 e. The van der Waals surface area contributed by atoms with Crippen molar-refractivity contribution >= 4 is 0 Å². The number of benzene rings is 5. The molecule has 0 bridgehead atoms. The van der Waals surface area contributed by atoms with Crippen LogP contribution in [0.2, 0.25) is 0 Å². The predicted molar refractivity (Wildman–Crippen MR) is 229 cm³/mol. The lowest BCUT2D eigenvalue weighted by atomic mass is 9.17. The van der Waals surface area contributed by atoms with Crippen LogP contribution in [0.15, 0.2) is 152 Å². The van der Waals surface area contributed by atoms with Crippen molar-refractivity contribution in [1.29, 1.82) is 0 Å². The lowest BCUT2D eigenvalue weighted by Crippen LogP contribution is -2.86. The SMILES string of the molecule is CCC1(C)C(C)(CC)C(c2ccccc2)(C(C)(C)C(C)c2ccccc2)C(CC)(c2ccccc2)C(c2ccccc2)(C(C)C)C1(C)c1ccccc1. The summed E-state index contributed by atoms with van der Waals surface area (Å²) < 4.78 is 0. The van der Waals surface area contributed by atoms with Gasteiger partial charge in [-0.2, -0.15) is 0 Å². The molecule has 0 amide bonds. The summed E-state index contributed by atoms with van der Waals surface area (Å²) >= 11 is 0. The fourth-order valence-corrected chi connectivity index (χ4v) is 14.2. The van der Waals surface area contributed by atoms with Crippen molar-refractivity contribution in [1.82, 2.24) is 0 Å². The van der Waals surface area contributed by atoms with Crippen LogP contribution in [0.3, 0.4) is 0 Å². The second-order valence-corrected chi connectivity index (χ2v) is 17.8. The predicted octanol–water partition coefficient (Wildman–Crippen LogP) is 14.5. The molecule has 53 heavy (non-hydrogen) atoms. The Bertz CT molecular complexity index is 1930. The molecule has 0 aromatic heterocycles. The summed E-state index contributed by atoms with van der Waals surface area (Å²) in [5.74, 6) is 0.501. The third kappa shape index (κ3) is 4.66. The topological polar surface area (TPSA) is 0 Å². The van der Waals surface area contributed by atoms with E-state index in [1.807, 2.05) is 0 Å². The summed E-state index contributed by atoms with van der Waals surface area (Å²) in [5.41, 5.74) is 5.08. The van der Waals surface area contributed by atoms with Gasteiger partial charge in [0.1, 0.15) is 0 Å². The van der Waals surface area contributed by atoms with Crippen molar-refractivity contribution in [2.45, 2.75) is 123 Å². The highest BCUT2D eigenvalue weighted by Crippen LogP contribution is 2.86. The van der Waals surface area contributed by atoms with Crippen LogP contribution in [-0.4, -0.2) is 0 Å². The molecular formula is C53H66. The minimum Gasteiger partial charge on any atom is -0.0648 e. The number of hydrogen-bond donors (Lipinski definition) is 0. The minimum absolute atomic E-state index is 0.187. The van der Waals surface area contributed by atoms with Gasteiger partial charge >= 0.3 is 0 Å². The summed E-state index contributed by atoms with van der Waals surface area (Å²) in [6.07, 6.45) is 3.06. The van der Waals surface area contributed by atoms with Gasteiger partial charge in [0.05, 0.1) is 0 Å². The molecule has 0 radical (unpaired) electrons. The largest absolute Gasteiger partial charge is 0.0648 e. The van der Waals surface area contributed by atoms with Crippen molar-refractivity contribution in [3.63, 3.8) is 0 Å². The van der Waals surface area contributed by atoms with Gasteiger partial charge in [-0.25, -0.2) is 0 Å². The Morgan fingerprint density at radius 2 is 0.830 bits per heavy atom. The number of rotatable bonds is 11. The molecule has 0 heteroatoms. The molecule has 0 spiro atoms. The van der Waals surface area contributed by atoms with Gasteiger partial charge < -0.3 is 0 Å². The highest BCUT2D eigenvalue weighted by Gasteiger charge is 2.86. The Labute approximate surface area is 323 Å². The molecule has 0 nitrogen and oxygen atoms in total. The Morgan fingerprint density at radius 3 is 1.23 bits per heavy atom. The highest BCUT2D eigenvalue weighted by atomic mass is 14.9. The van der Waals surface area contributed by atoms with Crippen molar-refractivity contribution in [3.8, 4) is 0 Å². The Balaban J connectivity index is 2.06. The lowest BCUT2D eigenvalue weighted by Gasteiger charge is -2.85. The van der Waals surface area contributed by atoms with Crippen molar-refractivity contribution in [2.24, 2.45) is 22.2 Å². The van der Waals surface area contributed by atoms with Crippen LogP contribution in [0, 0.1) is 22.2 Å². The standard InChI is InChI=1S/C53H66/c1-12-48(9)49(10,13-2)53(46-38-28-19-29-39-46,47(7,8)41(6)42-30-20-15-21-31-42)51(14-3,44-34-24-17-25-35-44)52(40(4)5,45-36-26-18-27-37-45)50(48,11)43-32-22-16-23-33-43/h15-41H,12-14H2,1-11H3. The first-order valence-corrected chi connectivity index (χ1v) is 20.6. The maximum absolute atomic E-state index is 2.74. The second kappa shape index (κ2) is 14.1. The molecule has 5 aromatic carbocycles. The summed E-state index contributed by atoms with van der Waals surface area (Å²) in [7, 11) is 0. The molecule has 0 saturated heterocycles. The quantitative estimate of drug-likeness (QED) is 0.129. The summed E-state index contributed by atoms with van der Waals surface area (Å²) in [5, 5.41) is 0. The van der Waals surface area contributed by atoms with Gasteiger partial charge in [0, 0.05) is 21.7 Å². The van der Waals surface area contributed by atoms with Gasteiger partial charge in [-0.3, -0.25) is 0 Å². The molecule has 1 aliphatic carbocycles. The Morgan fingerprint density at radius 1 is 0.453 bits per heavy atom. The van der Waals surface area contributed by atoms with E-state index in [9.17, 15) is 0 Å². The summed E-state index contributed by atoms with van der Waals surface area (Å²) in [4.78, 5) is 0. The van der Waals surface area contributed by atoms with Crippen molar-refractivity contribution in [3.05, 3.63) is 179 Å². The van der Waals surface area contributed by atoms with E-state index >= 15 is 0 Å². The zero-order chi connectivity index (χ0) is 38.3. The number of hydrogen-bond acceptors (Lipinski definition) is 0. The van der Waals surface area contributed by atoms with E-state index in [2.05, 4.69) is 228 Å². The summed E-state index contributed by atoms with van der Waals surface area (Å²) in [6, 6.07) is 58.9. The Hall–Kier alpha value is -3.90. The van der Waals surface area contributed by atoms with Gasteiger partial charge in [0.15, 0.2) is 0 Å². The van der Waals surface area contributed by atoms with Gasteiger partial charge in [-0.1, -0.05) is 228 Å². The third-order valence-electron chi connectivity index (χ3n) is 16.5. The smallest absolute Gasteiger partial charge is 0.0181 e. The fourth-order valence-electron chi connectivity index (χ4n) is 14.2. The fraction of sp³-hybridized carbons (Fsp3) is 0.434. The van der Waals surface area contributed by atoms with Crippen LogP contribution < -0.4 is 0 Å². The molecule has 0 aliphatic heterocycles. The van der Waals surface area contributed by atoms with Crippen LogP contribution in [0.4, 0.5) is 0 Å². The average molecular weight is 703 g/mol. The van der Waals surface area contributed by atoms with E-state index in [1.165, 1.54) is 27.8 Å². The van der Waals surface area contributed by atoms with E-state index in [0.717, 1.165) is 19.3 Å². The maximum atomic E-state index is 2.74. The second-order valence-electron chi connectivity index (χ2n) is 17.8. The molecule has 7 unspecified atom stereocenters. The van der Waals surface area contributed by atoms with Crippen molar-refractivity contribution < 1.29 is 0 Å². The van der Waals surface area contributed by atoms with E-state index in [-0.39, 0.29) is 38.9 Å². The molecule has 1 fully saturated rings. The first-order valence-electron chi connectivity index (χ1n) is 20.6. The van der Waals surface area contributed by atoms with E-state index in [0.29, 0.717) is 0 Å².